The molecule has 0 aromatic carbocycles. The molecule has 0 spiro atoms. The van der Waals surface area contributed by atoms with Crippen LogP contribution in [0.3, 0.4) is 0 Å². The molecule has 0 saturated carbocycles. The van der Waals surface area contributed by atoms with Crippen molar-refractivity contribution in [3.63, 3.8) is 0 Å². The molecule has 0 radical (unpaired) electrons. The summed E-state index contributed by atoms with van der Waals surface area (Å²) in [6.07, 6.45) is 2.63. The van der Waals surface area contributed by atoms with Crippen molar-refractivity contribution in [1.82, 2.24) is 4.90 Å². The lowest BCUT2D eigenvalue weighted by molar-refractivity contribution is -0.137. The summed E-state index contributed by atoms with van der Waals surface area (Å²) in [6, 6.07) is 0.221. The van der Waals surface area contributed by atoms with Crippen molar-refractivity contribution < 1.29 is 9.90 Å². The molecule has 2 rings (SSSR count). The molecule has 4 heteroatoms. The van der Waals surface area contributed by atoms with Crippen molar-refractivity contribution in [2.24, 2.45) is 0 Å². The van der Waals surface area contributed by atoms with Crippen LogP contribution in [0.5, 0.6) is 0 Å². The van der Waals surface area contributed by atoms with Crippen molar-refractivity contribution >= 4 is 13.8 Å². The van der Waals surface area contributed by atoms with Crippen molar-refractivity contribution in [2.45, 2.75) is 76.0 Å². The Hall–Kier alpha value is -0.140. The summed E-state index contributed by atoms with van der Waals surface area (Å²) in [4.78, 5) is 13.7. The standard InChI is InChI=1S/C14H26NO2P/c1-13(2)8-10(9-14(3,4)18(13)5)15-11(16)6-7-12(15)17/h10-11,16H,6-9H2,1-5H3. The van der Waals surface area contributed by atoms with Crippen LogP contribution in [0.2, 0.25) is 0 Å². The van der Waals surface area contributed by atoms with Crippen LogP contribution in [0, 0.1) is 0 Å². The summed E-state index contributed by atoms with van der Waals surface area (Å²) in [5.74, 6) is 0.140. The Kier molecular flexibility index (Phi) is 3.53. The largest absolute Gasteiger partial charge is 0.374 e. The Morgan fingerprint density at radius 2 is 1.72 bits per heavy atom. The van der Waals surface area contributed by atoms with Gasteiger partial charge in [0, 0.05) is 18.9 Å². The molecule has 1 N–H and O–H groups in total. The van der Waals surface area contributed by atoms with E-state index in [-0.39, 0.29) is 30.2 Å². The summed E-state index contributed by atoms with van der Waals surface area (Å²) in [6.45, 7) is 11.7. The summed E-state index contributed by atoms with van der Waals surface area (Å²) in [5, 5.41) is 10.6. The Balaban J connectivity index is 2.23. The lowest BCUT2D eigenvalue weighted by atomic mass is 9.91. The highest BCUT2D eigenvalue weighted by Crippen LogP contribution is 2.64. The molecule has 18 heavy (non-hydrogen) atoms. The Bertz CT molecular complexity index is 336. The second-order valence-electron chi connectivity index (χ2n) is 7.07. The zero-order valence-corrected chi connectivity index (χ0v) is 13.1. The number of carbonyl (C=O) groups is 1. The SMILES string of the molecule is CP1C(C)(C)CC(N2C(=O)CCC2O)CC1(C)C. The van der Waals surface area contributed by atoms with Crippen molar-refractivity contribution in [3.05, 3.63) is 0 Å². The average Bonchev–Trinajstić information content (AvgIpc) is 2.54. The maximum absolute atomic E-state index is 12.0. The van der Waals surface area contributed by atoms with Gasteiger partial charge in [0.15, 0.2) is 0 Å². The number of likely N-dealkylation sites (tertiary alicyclic amines) is 1. The maximum Gasteiger partial charge on any atom is 0.225 e. The van der Waals surface area contributed by atoms with Gasteiger partial charge >= 0.3 is 0 Å². The predicted molar refractivity (Wildman–Crippen MR) is 76.1 cm³/mol. The fourth-order valence-corrected chi connectivity index (χ4v) is 6.26. The van der Waals surface area contributed by atoms with Crippen LogP contribution in [-0.2, 0) is 4.79 Å². The third-order valence-corrected chi connectivity index (χ3v) is 8.90. The Labute approximate surface area is 112 Å². The van der Waals surface area contributed by atoms with Crippen LogP contribution >= 0.6 is 7.92 Å². The van der Waals surface area contributed by atoms with Gasteiger partial charge in [-0.25, -0.2) is 0 Å². The normalized spacial score (nSPS) is 39.1. The van der Waals surface area contributed by atoms with E-state index in [1.807, 2.05) is 0 Å². The molecule has 2 aliphatic heterocycles. The molecular weight excluding hydrogens is 245 g/mol. The van der Waals surface area contributed by atoms with Crippen LogP contribution in [-0.4, -0.2) is 45.2 Å². The van der Waals surface area contributed by atoms with Gasteiger partial charge in [-0.05, 0) is 29.8 Å². The van der Waals surface area contributed by atoms with Gasteiger partial charge in [0.25, 0.3) is 0 Å². The number of hydrogen-bond acceptors (Lipinski definition) is 2. The number of nitrogens with zero attached hydrogens (tertiary/aromatic N) is 1. The van der Waals surface area contributed by atoms with E-state index in [1.165, 1.54) is 0 Å². The fraction of sp³-hybridized carbons (Fsp3) is 0.929. The van der Waals surface area contributed by atoms with Gasteiger partial charge in [-0.15, -0.1) is 0 Å². The van der Waals surface area contributed by atoms with Crippen LogP contribution in [0.15, 0.2) is 0 Å². The first kappa shape index (κ1) is 14.3. The van der Waals surface area contributed by atoms with Gasteiger partial charge in [0.1, 0.15) is 6.23 Å². The zero-order chi connectivity index (χ0) is 13.7. The first-order valence-corrected chi connectivity index (χ1v) is 8.67. The molecule has 0 aliphatic carbocycles. The third kappa shape index (κ3) is 2.32. The molecule has 0 bridgehead atoms. The third-order valence-electron chi connectivity index (χ3n) is 4.91. The maximum atomic E-state index is 12.0. The molecule has 2 aliphatic rings. The monoisotopic (exact) mass is 271 g/mol. The van der Waals surface area contributed by atoms with E-state index in [2.05, 4.69) is 34.4 Å². The second kappa shape index (κ2) is 4.45. The van der Waals surface area contributed by atoms with Crippen LogP contribution in [0.25, 0.3) is 0 Å². The van der Waals surface area contributed by atoms with Crippen molar-refractivity contribution in [3.8, 4) is 0 Å². The smallest absolute Gasteiger partial charge is 0.225 e. The fourth-order valence-electron chi connectivity index (χ4n) is 3.65. The molecule has 1 unspecified atom stereocenters. The lowest BCUT2D eigenvalue weighted by Crippen LogP contribution is -2.52. The van der Waals surface area contributed by atoms with E-state index in [1.54, 1.807) is 4.90 Å². The molecule has 2 fully saturated rings. The highest BCUT2D eigenvalue weighted by molar-refractivity contribution is 7.60. The van der Waals surface area contributed by atoms with Crippen LogP contribution < -0.4 is 0 Å². The number of aliphatic hydroxyl groups is 1. The first-order chi connectivity index (χ1) is 8.15. The van der Waals surface area contributed by atoms with Gasteiger partial charge in [-0.3, -0.25) is 4.79 Å². The minimum absolute atomic E-state index is 0.0673. The Morgan fingerprint density at radius 1 is 1.22 bits per heavy atom. The number of amides is 1. The van der Waals surface area contributed by atoms with E-state index in [4.69, 9.17) is 0 Å². The summed E-state index contributed by atoms with van der Waals surface area (Å²) in [5.41, 5.74) is 0. The topological polar surface area (TPSA) is 40.5 Å². The minimum Gasteiger partial charge on any atom is -0.374 e. The molecule has 2 saturated heterocycles. The summed E-state index contributed by atoms with van der Waals surface area (Å²) >= 11 is 0. The summed E-state index contributed by atoms with van der Waals surface area (Å²) < 4.78 is 0. The highest BCUT2D eigenvalue weighted by Gasteiger charge is 2.48. The molecular formula is C14H26NO2P. The summed E-state index contributed by atoms with van der Waals surface area (Å²) in [7, 11) is -0.0673. The molecule has 2 heterocycles. The van der Waals surface area contributed by atoms with Gasteiger partial charge in [-0.2, -0.15) is 0 Å². The van der Waals surface area contributed by atoms with Gasteiger partial charge < -0.3 is 10.0 Å². The first-order valence-electron chi connectivity index (χ1n) is 6.88. The van der Waals surface area contributed by atoms with Crippen molar-refractivity contribution in [2.75, 3.05) is 6.66 Å². The second-order valence-corrected chi connectivity index (χ2v) is 10.6. The van der Waals surface area contributed by atoms with Crippen LogP contribution in [0.4, 0.5) is 0 Å². The van der Waals surface area contributed by atoms with Crippen LogP contribution in [0.1, 0.15) is 53.4 Å². The molecule has 104 valence electrons. The van der Waals surface area contributed by atoms with Crippen molar-refractivity contribution in [1.29, 1.82) is 0 Å². The van der Waals surface area contributed by atoms with Gasteiger partial charge in [0.2, 0.25) is 5.91 Å². The predicted octanol–water partition coefficient (Wildman–Crippen LogP) is 2.76. The van der Waals surface area contributed by atoms with E-state index in [0.717, 1.165) is 12.8 Å². The molecule has 1 amide bonds. The number of hydrogen-bond donors (Lipinski definition) is 1. The number of rotatable bonds is 1. The number of carbonyl (C=O) groups excluding carboxylic acids is 1. The van der Waals surface area contributed by atoms with E-state index in [9.17, 15) is 9.90 Å². The highest BCUT2D eigenvalue weighted by atomic mass is 31.1. The molecule has 0 aromatic heterocycles. The quantitative estimate of drug-likeness (QED) is 0.745. The lowest BCUT2D eigenvalue weighted by Gasteiger charge is -2.53. The Morgan fingerprint density at radius 3 is 2.11 bits per heavy atom. The minimum atomic E-state index is -0.546. The molecule has 3 nitrogen and oxygen atoms in total. The van der Waals surface area contributed by atoms with E-state index >= 15 is 0 Å². The van der Waals surface area contributed by atoms with E-state index in [0.29, 0.717) is 12.8 Å². The van der Waals surface area contributed by atoms with Gasteiger partial charge in [-0.1, -0.05) is 35.6 Å². The van der Waals surface area contributed by atoms with E-state index < -0.39 is 6.23 Å². The zero-order valence-electron chi connectivity index (χ0n) is 12.2. The average molecular weight is 271 g/mol. The number of aliphatic hydroxyl groups excluding tert-OH is 1. The molecule has 0 aromatic rings. The van der Waals surface area contributed by atoms with Gasteiger partial charge in [0.05, 0.1) is 0 Å². The molecule has 1 atom stereocenters.